The van der Waals surface area contributed by atoms with Gasteiger partial charge in [0, 0.05) is 27.7 Å². The number of benzene rings is 2. The number of amides is 1. The molecule has 6 nitrogen and oxygen atoms in total. The highest BCUT2D eigenvalue weighted by Gasteiger charge is 2.26. The van der Waals surface area contributed by atoms with Gasteiger partial charge in [-0.2, -0.15) is 0 Å². The molecule has 1 aromatic heterocycles. The number of aromatic nitrogens is 3. The lowest BCUT2D eigenvalue weighted by atomic mass is 9.84. The van der Waals surface area contributed by atoms with Crippen LogP contribution >= 0.6 is 35.0 Å². The highest BCUT2D eigenvalue weighted by molar-refractivity contribution is 7.99. The highest BCUT2D eigenvalue weighted by Crippen LogP contribution is 2.35. The third kappa shape index (κ3) is 5.53. The number of aryl methyl sites for hydroxylation is 1. The molecule has 1 heterocycles. The van der Waals surface area contributed by atoms with Gasteiger partial charge in [-0.15, -0.1) is 10.2 Å². The smallest absolute Gasteiger partial charge is 0.230 e. The lowest BCUT2D eigenvalue weighted by molar-refractivity contribution is -0.118. The van der Waals surface area contributed by atoms with Gasteiger partial charge in [0.15, 0.2) is 5.16 Å². The molecule has 164 valence electrons. The number of nitrogens with one attached hydrogen (secondary N) is 1. The molecule has 0 saturated heterocycles. The molecule has 0 bridgehead atoms. The van der Waals surface area contributed by atoms with Gasteiger partial charge < -0.3 is 10.1 Å². The van der Waals surface area contributed by atoms with Gasteiger partial charge in [0.2, 0.25) is 5.91 Å². The summed E-state index contributed by atoms with van der Waals surface area (Å²) >= 11 is 14.0. The summed E-state index contributed by atoms with van der Waals surface area (Å²) in [5, 5.41) is 13.2. The number of hydrogen-bond donors (Lipinski definition) is 1. The third-order valence-electron chi connectivity index (χ3n) is 4.83. The van der Waals surface area contributed by atoms with Gasteiger partial charge in [0.25, 0.3) is 0 Å². The molecule has 9 heteroatoms. The Kier molecular flexibility index (Phi) is 7.51. The number of methoxy groups -OCH3 is 1. The van der Waals surface area contributed by atoms with Crippen molar-refractivity contribution in [1.82, 2.24) is 20.1 Å². The maximum atomic E-state index is 12.5. The normalized spacial score (nSPS) is 11.4. The zero-order valence-corrected chi connectivity index (χ0v) is 20.1. The lowest BCUT2D eigenvalue weighted by Crippen LogP contribution is -2.38. The zero-order chi connectivity index (χ0) is 22.6. The maximum Gasteiger partial charge on any atom is 0.230 e. The minimum Gasteiger partial charge on any atom is -0.497 e. The van der Waals surface area contributed by atoms with E-state index < -0.39 is 5.41 Å². The number of hydrogen-bond acceptors (Lipinski definition) is 5. The molecule has 0 radical (unpaired) electrons. The number of thioether (sulfide) groups is 1. The molecule has 1 amide bonds. The Labute approximate surface area is 196 Å². The van der Waals surface area contributed by atoms with Crippen LogP contribution in [-0.4, -0.2) is 40.1 Å². The van der Waals surface area contributed by atoms with Crippen molar-refractivity contribution in [2.75, 3.05) is 19.4 Å². The molecule has 31 heavy (non-hydrogen) atoms. The lowest BCUT2D eigenvalue weighted by Gasteiger charge is -2.27. The summed E-state index contributed by atoms with van der Waals surface area (Å²) in [5.74, 6) is 1.61. The third-order valence-corrected chi connectivity index (χ3v) is 6.38. The molecule has 3 rings (SSSR count). The number of rotatable bonds is 8. The first-order valence-electron chi connectivity index (χ1n) is 9.63. The summed E-state index contributed by atoms with van der Waals surface area (Å²) in [6.07, 6.45) is 0. The van der Waals surface area contributed by atoms with Crippen LogP contribution in [0.5, 0.6) is 5.75 Å². The predicted molar refractivity (Wildman–Crippen MR) is 126 cm³/mol. The molecular formula is C22H24Cl2N4O2S. The van der Waals surface area contributed by atoms with Crippen molar-refractivity contribution < 1.29 is 9.53 Å². The van der Waals surface area contributed by atoms with Crippen LogP contribution in [0.1, 0.15) is 25.2 Å². The molecule has 3 aromatic rings. The summed E-state index contributed by atoms with van der Waals surface area (Å²) in [4.78, 5) is 12.5. The summed E-state index contributed by atoms with van der Waals surface area (Å²) in [6, 6.07) is 13.0. The van der Waals surface area contributed by atoms with Crippen molar-refractivity contribution in [2.45, 2.75) is 31.3 Å². The van der Waals surface area contributed by atoms with E-state index >= 15 is 0 Å². The Morgan fingerprint density at radius 2 is 1.77 bits per heavy atom. The quantitative estimate of drug-likeness (QED) is 0.457. The van der Waals surface area contributed by atoms with Crippen LogP contribution in [-0.2, 0) is 10.2 Å². The van der Waals surface area contributed by atoms with Crippen LogP contribution in [0.4, 0.5) is 0 Å². The molecule has 0 spiro atoms. The zero-order valence-electron chi connectivity index (χ0n) is 17.8. The predicted octanol–water partition coefficient (Wildman–Crippen LogP) is 5.08. The van der Waals surface area contributed by atoms with Crippen molar-refractivity contribution >= 4 is 40.9 Å². The number of ether oxygens (including phenoxy) is 1. The summed E-state index contributed by atoms with van der Waals surface area (Å²) < 4.78 is 7.12. The Morgan fingerprint density at radius 3 is 2.39 bits per heavy atom. The number of nitrogens with zero attached hydrogens (tertiary/aromatic N) is 3. The molecule has 0 aliphatic heterocycles. The molecule has 0 aliphatic carbocycles. The Morgan fingerprint density at radius 1 is 1.13 bits per heavy atom. The van der Waals surface area contributed by atoms with E-state index in [9.17, 15) is 4.79 Å². The summed E-state index contributed by atoms with van der Waals surface area (Å²) in [7, 11) is 1.62. The minimum atomic E-state index is -0.421. The molecular weight excluding hydrogens is 455 g/mol. The van der Waals surface area contributed by atoms with E-state index in [2.05, 4.69) is 15.5 Å². The molecule has 0 unspecified atom stereocenters. The van der Waals surface area contributed by atoms with E-state index in [4.69, 9.17) is 27.9 Å². The number of halogens is 2. The van der Waals surface area contributed by atoms with E-state index in [1.165, 1.54) is 11.8 Å². The largest absolute Gasteiger partial charge is 0.497 e. The second kappa shape index (κ2) is 9.94. The van der Waals surface area contributed by atoms with Gasteiger partial charge >= 0.3 is 0 Å². The van der Waals surface area contributed by atoms with Gasteiger partial charge in [-0.25, -0.2) is 0 Å². The fraction of sp³-hybridized carbons (Fsp3) is 0.318. The van der Waals surface area contributed by atoms with Crippen molar-refractivity contribution in [2.24, 2.45) is 0 Å². The average Bonchev–Trinajstić information content (AvgIpc) is 3.11. The maximum absolute atomic E-state index is 12.5. The first-order chi connectivity index (χ1) is 14.7. The second-order valence-electron chi connectivity index (χ2n) is 7.61. The van der Waals surface area contributed by atoms with Crippen LogP contribution in [0, 0.1) is 6.92 Å². The summed E-state index contributed by atoms with van der Waals surface area (Å²) in [5.41, 5.74) is 1.30. The Hall–Kier alpha value is -2.22. The van der Waals surface area contributed by atoms with Crippen molar-refractivity contribution in [1.29, 1.82) is 0 Å². The molecule has 1 N–H and O–H groups in total. The fourth-order valence-electron chi connectivity index (χ4n) is 3.20. The fourth-order valence-corrected chi connectivity index (χ4v) is 4.93. The number of carbonyl (C=O) groups is 1. The molecule has 0 saturated carbocycles. The standard InChI is InChI=1S/C22H24Cl2N4O2S/c1-14-26-27-21(28(14)15-8-10-16(30-4)11-9-15)31-12-19(29)25-13-22(2,3)20-17(23)6-5-7-18(20)24/h5-11H,12-13H2,1-4H3,(H,25,29). The van der Waals surface area contributed by atoms with Crippen molar-refractivity contribution in [3.8, 4) is 11.4 Å². The molecule has 0 atom stereocenters. The highest BCUT2D eigenvalue weighted by atomic mass is 35.5. The van der Waals surface area contributed by atoms with Crippen LogP contribution < -0.4 is 10.1 Å². The van der Waals surface area contributed by atoms with E-state index in [-0.39, 0.29) is 11.7 Å². The Balaban J connectivity index is 1.64. The first-order valence-corrected chi connectivity index (χ1v) is 11.4. The summed E-state index contributed by atoms with van der Waals surface area (Å²) in [6.45, 7) is 6.27. The average molecular weight is 479 g/mol. The monoisotopic (exact) mass is 478 g/mol. The van der Waals surface area contributed by atoms with Gasteiger partial charge in [-0.05, 0) is 48.9 Å². The van der Waals surface area contributed by atoms with E-state index in [1.54, 1.807) is 25.3 Å². The molecule has 0 aliphatic rings. The topological polar surface area (TPSA) is 69.0 Å². The molecule has 2 aromatic carbocycles. The molecule has 0 fully saturated rings. The van der Waals surface area contributed by atoms with Gasteiger partial charge in [0.1, 0.15) is 11.6 Å². The van der Waals surface area contributed by atoms with E-state index in [1.807, 2.05) is 49.6 Å². The van der Waals surface area contributed by atoms with Crippen molar-refractivity contribution in [3.05, 3.63) is 63.9 Å². The minimum absolute atomic E-state index is 0.108. The van der Waals surface area contributed by atoms with Gasteiger partial charge in [-0.3, -0.25) is 9.36 Å². The Bertz CT molecular complexity index is 1050. The van der Waals surface area contributed by atoms with Gasteiger partial charge in [-0.1, -0.05) is 54.9 Å². The van der Waals surface area contributed by atoms with E-state index in [0.29, 0.717) is 21.7 Å². The SMILES string of the molecule is COc1ccc(-n2c(C)nnc2SCC(=O)NCC(C)(C)c2c(Cl)cccc2Cl)cc1. The van der Waals surface area contributed by atoms with Crippen molar-refractivity contribution in [3.63, 3.8) is 0 Å². The van der Waals surface area contributed by atoms with E-state index in [0.717, 1.165) is 22.8 Å². The first kappa shape index (κ1) is 23.4. The van der Waals surface area contributed by atoms with Gasteiger partial charge in [0.05, 0.1) is 12.9 Å². The van der Waals surface area contributed by atoms with Crippen LogP contribution in [0.3, 0.4) is 0 Å². The van der Waals surface area contributed by atoms with Crippen LogP contribution in [0.25, 0.3) is 5.69 Å². The van der Waals surface area contributed by atoms with Crippen LogP contribution in [0.15, 0.2) is 47.6 Å². The second-order valence-corrected chi connectivity index (χ2v) is 9.37. The van der Waals surface area contributed by atoms with Crippen LogP contribution in [0.2, 0.25) is 10.0 Å². The number of carbonyl (C=O) groups excluding carboxylic acids is 1.